The van der Waals surface area contributed by atoms with Gasteiger partial charge >= 0.3 is 6.03 Å². The van der Waals surface area contributed by atoms with E-state index in [1.807, 2.05) is 24.3 Å². The van der Waals surface area contributed by atoms with Gasteiger partial charge < -0.3 is 9.80 Å². The third-order valence-electron chi connectivity index (χ3n) is 6.16. The summed E-state index contributed by atoms with van der Waals surface area (Å²) < 4.78 is 0. The van der Waals surface area contributed by atoms with Crippen molar-refractivity contribution < 1.29 is 9.59 Å². The molecule has 1 aromatic carbocycles. The van der Waals surface area contributed by atoms with Gasteiger partial charge in [0, 0.05) is 37.4 Å². The van der Waals surface area contributed by atoms with E-state index in [4.69, 9.17) is 11.6 Å². The Morgan fingerprint density at radius 1 is 1.24 bits per heavy atom. The maximum atomic E-state index is 13.4. The Morgan fingerprint density at radius 2 is 2.00 bits per heavy atom. The third kappa shape index (κ3) is 3.60. The van der Waals surface area contributed by atoms with Gasteiger partial charge in [0.2, 0.25) is 0 Å². The number of halogens is 1. The molecule has 3 amide bonds. The van der Waals surface area contributed by atoms with Crippen LogP contribution in [-0.2, 0) is 4.79 Å². The zero-order valence-corrected chi connectivity index (χ0v) is 18.3. The lowest BCUT2D eigenvalue weighted by Gasteiger charge is -2.46. The van der Waals surface area contributed by atoms with Crippen molar-refractivity contribution in [3.05, 3.63) is 29.3 Å². The lowest BCUT2D eigenvalue weighted by atomic mass is 10.0. The number of likely N-dealkylation sites (N-methyl/N-ethyl adjacent to an activating group) is 1. The van der Waals surface area contributed by atoms with E-state index in [-0.39, 0.29) is 30.4 Å². The van der Waals surface area contributed by atoms with Gasteiger partial charge in [0.05, 0.1) is 0 Å². The van der Waals surface area contributed by atoms with Crippen LogP contribution in [0.2, 0.25) is 5.02 Å². The van der Waals surface area contributed by atoms with Crippen LogP contribution in [0.1, 0.15) is 27.2 Å². The van der Waals surface area contributed by atoms with E-state index >= 15 is 0 Å². The van der Waals surface area contributed by atoms with Gasteiger partial charge in [0.25, 0.3) is 5.91 Å². The molecule has 0 spiro atoms. The Balaban J connectivity index is 1.64. The van der Waals surface area contributed by atoms with Gasteiger partial charge in [-0.25, -0.2) is 4.79 Å². The molecule has 0 aromatic heterocycles. The number of urea groups is 1. The minimum Gasteiger partial charge on any atom is -0.343 e. The van der Waals surface area contributed by atoms with E-state index in [0.29, 0.717) is 23.4 Å². The molecule has 0 bridgehead atoms. The van der Waals surface area contributed by atoms with E-state index in [0.717, 1.165) is 25.2 Å². The van der Waals surface area contributed by atoms with Crippen LogP contribution in [0.3, 0.4) is 0 Å². The molecule has 0 radical (unpaired) electrons. The molecule has 3 aliphatic rings. The first-order chi connectivity index (χ1) is 13.8. The van der Waals surface area contributed by atoms with E-state index in [1.165, 1.54) is 4.90 Å². The monoisotopic (exact) mass is 419 g/mol. The van der Waals surface area contributed by atoms with Crippen molar-refractivity contribution >= 4 is 29.2 Å². The van der Waals surface area contributed by atoms with Crippen molar-refractivity contribution in [3.63, 3.8) is 0 Å². The SMILES string of the molecule is CC(C)CCN1C(=O)C2C(NC3N(c4cccc(Cl)c4)CC(C)CN23)N(C)C1=O. The van der Waals surface area contributed by atoms with Crippen LogP contribution < -0.4 is 10.2 Å². The molecule has 4 rings (SSSR count). The number of carbonyl (C=O) groups excluding carboxylic acids is 2. The molecule has 4 unspecified atom stereocenters. The zero-order valence-electron chi connectivity index (χ0n) is 17.5. The number of anilines is 1. The summed E-state index contributed by atoms with van der Waals surface area (Å²) in [6.07, 6.45) is 0.330. The average molecular weight is 420 g/mol. The third-order valence-corrected chi connectivity index (χ3v) is 6.39. The normalized spacial score (nSPS) is 30.2. The minimum absolute atomic E-state index is 0.0890. The van der Waals surface area contributed by atoms with Crippen LogP contribution in [0.5, 0.6) is 0 Å². The van der Waals surface area contributed by atoms with Gasteiger partial charge in [0.1, 0.15) is 18.5 Å². The number of hydrogen-bond donors (Lipinski definition) is 1. The van der Waals surface area contributed by atoms with Crippen molar-refractivity contribution in [2.24, 2.45) is 11.8 Å². The first-order valence-electron chi connectivity index (χ1n) is 10.4. The van der Waals surface area contributed by atoms with Crippen molar-refractivity contribution in [1.82, 2.24) is 20.0 Å². The van der Waals surface area contributed by atoms with Gasteiger partial charge in [-0.2, -0.15) is 0 Å². The number of carbonyl (C=O) groups is 2. The van der Waals surface area contributed by atoms with Crippen LogP contribution in [-0.4, -0.2) is 71.8 Å². The highest BCUT2D eigenvalue weighted by atomic mass is 35.5. The molecule has 0 saturated carbocycles. The highest BCUT2D eigenvalue weighted by Gasteiger charge is 2.56. The molecule has 0 aliphatic carbocycles. The zero-order chi connectivity index (χ0) is 20.9. The molecule has 3 fully saturated rings. The maximum absolute atomic E-state index is 13.4. The second-order valence-corrected chi connectivity index (χ2v) is 9.37. The number of fused-ring (bicyclic) bond motifs is 3. The van der Waals surface area contributed by atoms with Gasteiger partial charge in [0.15, 0.2) is 0 Å². The van der Waals surface area contributed by atoms with Crippen LogP contribution >= 0.6 is 11.6 Å². The van der Waals surface area contributed by atoms with E-state index in [1.54, 1.807) is 11.9 Å². The highest BCUT2D eigenvalue weighted by molar-refractivity contribution is 6.30. The van der Waals surface area contributed by atoms with Crippen molar-refractivity contribution in [3.8, 4) is 0 Å². The summed E-state index contributed by atoms with van der Waals surface area (Å²) in [5, 5.41) is 4.23. The van der Waals surface area contributed by atoms with Crippen LogP contribution in [0.4, 0.5) is 10.5 Å². The topological polar surface area (TPSA) is 59.1 Å². The molecule has 29 heavy (non-hydrogen) atoms. The smallest absolute Gasteiger partial charge is 0.327 e. The molecule has 158 valence electrons. The van der Waals surface area contributed by atoms with Crippen molar-refractivity contribution in [2.45, 2.75) is 45.7 Å². The lowest BCUT2D eigenvalue weighted by Crippen LogP contribution is -2.66. The molecule has 7 nitrogen and oxygen atoms in total. The molecule has 4 atom stereocenters. The molecule has 8 heteroatoms. The van der Waals surface area contributed by atoms with Crippen molar-refractivity contribution in [1.29, 1.82) is 0 Å². The molecule has 3 aliphatic heterocycles. The fourth-order valence-electron chi connectivity index (χ4n) is 4.67. The molecule has 1 aromatic rings. The summed E-state index contributed by atoms with van der Waals surface area (Å²) in [4.78, 5) is 33.9. The summed E-state index contributed by atoms with van der Waals surface area (Å²) >= 11 is 6.24. The van der Waals surface area contributed by atoms with E-state index in [9.17, 15) is 9.59 Å². The Labute approximate surface area is 177 Å². The first-order valence-corrected chi connectivity index (χ1v) is 10.8. The largest absolute Gasteiger partial charge is 0.343 e. The summed E-state index contributed by atoms with van der Waals surface area (Å²) in [6, 6.07) is 7.20. The summed E-state index contributed by atoms with van der Waals surface area (Å²) in [6.45, 7) is 8.54. The summed E-state index contributed by atoms with van der Waals surface area (Å²) in [5.74, 6) is 0.723. The van der Waals surface area contributed by atoms with Crippen LogP contribution in [0, 0.1) is 11.8 Å². The van der Waals surface area contributed by atoms with Gasteiger partial charge in [-0.05, 0) is 36.5 Å². The number of rotatable bonds is 4. The molecule has 3 saturated heterocycles. The summed E-state index contributed by atoms with van der Waals surface area (Å²) in [7, 11) is 1.79. The standard InChI is InChI=1S/C21H30ClN5O2/c1-13(2)8-9-25-19(28)17-18(24(4)21(25)29)23-20-26(11-14(3)12-27(17)20)16-7-5-6-15(22)10-16/h5-7,10,13-14,17-18,20,23H,8-9,11-12H2,1-4H3. The predicted molar refractivity (Wildman–Crippen MR) is 113 cm³/mol. The Morgan fingerprint density at radius 3 is 2.69 bits per heavy atom. The minimum atomic E-state index is -0.376. The Hall–Kier alpha value is -1.83. The fraction of sp³-hybridized carbons (Fsp3) is 0.619. The maximum Gasteiger partial charge on any atom is 0.327 e. The number of hydrogen-bond acceptors (Lipinski definition) is 5. The number of amides is 3. The summed E-state index contributed by atoms with van der Waals surface area (Å²) in [5.41, 5.74) is 1.02. The van der Waals surface area contributed by atoms with E-state index < -0.39 is 0 Å². The van der Waals surface area contributed by atoms with Gasteiger partial charge in [-0.3, -0.25) is 19.9 Å². The fourth-order valence-corrected chi connectivity index (χ4v) is 4.85. The second kappa shape index (κ2) is 7.78. The number of imide groups is 1. The average Bonchev–Trinajstić information content (AvgIpc) is 3.05. The first kappa shape index (κ1) is 20.4. The van der Waals surface area contributed by atoms with E-state index in [2.05, 4.69) is 35.9 Å². The predicted octanol–water partition coefficient (Wildman–Crippen LogP) is 2.62. The highest BCUT2D eigenvalue weighted by Crippen LogP contribution is 2.35. The molecular weight excluding hydrogens is 390 g/mol. The van der Waals surface area contributed by atoms with Gasteiger partial charge in [-0.1, -0.05) is 38.4 Å². The number of nitrogens with one attached hydrogen (secondary N) is 1. The van der Waals surface area contributed by atoms with Crippen LogP contribution in [0.15, 0.2) is 24.3 Å². The van der Waals surface area contributed by atoms with Crippen molar-refractivity contribution in [2.75, 3.05) is 31.6 Å². The molecular formula is C21H30ClN5O2. The Bertz CT molecular complexity index is 803. The second-order valence-electron chi connectivity index (χ2n) is 8.93. The lowest BCUT2D eigenvalue weighted by molar-refractivity contribution is -0.139. The quantitative estimate of drug-likeness (QED) is 0.812. The molecule has 3 heterocycles. The molecule has 1 N–H and O–H groups in total. The van der Waals surface area contributed by atoms with Crippen LogP contribution in [0.25, 0.3) is 0 Å². The van der Waals surface area contributed by atoms with Gasteiger partial charge in [-0.15, -0.1) is 0 Å². The Kier molecular flexibility index (Phi) is 5.48. The number of benzene rings is 1. The number of nitrogens with zero attached hydrogens (tertiary/aromatic N) is 4.